The minimum absolute atomic E-state index is 0.0513. The Hall–Kier alpha value is -1.80. The second kappa shape index (κ2) is 51.1. The topological polar surface area (TPSA) is 105 Å². The van der Waals surface area contributed by atoms with E-state index < -0.39 is 20.0 Å². The van der Waals surface area contributed by atoms with E-state index in [0.717, 1.165) is 57.8 Å². The number of rotatable bonds is 53. The zero-order valence-corrected chi connectivity index (χ0v) is 46.9. The molecule has 0 aliphatic rings. The van der Waals surface area contributed by atoms with Crippen LogP contribution in [0.2, 0.25) is 0 Å². The molecule has 9 heteroatoms. The zero-order valence-electron chi connectivity index (χ0n) is 46.0. The first-order valence-corrected chi connectivity index (χ1v) is 30.7. The van der Waals surface area contributed by atoms with Crippen molar-refractivity contribution in [3.05, 3.63) is 60.8 Å². The molecule has 0 rings (SSSR count). The number of aliphatic hydroxyl groups excluding tert-OH is 1. The van der Waals surface area contributed by atoms with Gasteiger partial charge in [0.15, 0.2) is 0 Å². The molecule has 0 aliphatic heterocycles. The Morgan fingerprint density at radius 2 is 0.870 bits per heavy atom. The Morgan fingerprint density at radius 1 is 0.507 bits per heavy atom. The molecule has 3 unspecified atom stereocenters. The number of nitrogens with zero attached hydrogens (tertiary/aromatic N) is 1. The second-order valence-corrected chi connectivity index (χ2v) is 22.4. The molecule has 8 nitrogen and oxygen atoms in total. The van der Waals surface area contributed by atoms with E-state index in [1.807, 2.05) is 27.2 Å². The van der Waals surface area contributed by atoms with Crippen LogP contribution in [-0.4, -0.2) is 73.4 Å². The molecule has 0 aromatic carbocycles. The van der Waals surface area contributed by atoms with E-state index in [1.54, 1.807) is 6.08 Å². The van der Waals surface area contributed by atoms with Crippen molar-refractivity contribution < 1.29 is 32.9 Å². The fourth-order valence-electron chi connectivity index (χ4n) is 8.45. The second-order valence-electron chi connectivity index (χ2n) is 21.0. The van der Waals surface area contributed by atoms with Crippen LogP contribution in [-0.2, 0) is 18.4 Å². The number of likely N-dealkylation sites (N-methyl/N-ethyl adjacent to an activating group) is 1. The molecule has 3 N–H and O–H groups in total. The Kier molecular flexibility index (Phi) is 49.8. The van der Waals surface area contributed by atoms with E-state index >= 15 is 0 Å². The van der Waals surface area contributed by atoms with Crippen LogP contribution in [0.1, 0.15) is 264 Å². The molecule has 0 saturated carbocycles. The normalized spacial score (nSPS) is 14.4. The van der Waals surface area contributed by atoms with Crippen molar-refractivity contribution in [2.24, 2.45) is 0 Å². The summed E-state index contributed by atoms with van der Waals surface area (Å²) in [4.78, 5) is 23.2. The largest absolute Gasteiger partial charge is 0.472 e. The maximum Gasteiger partial charge on any atom is 0.472 e. The van der Waals surface area contributed by atoms with E-state index in [4.69, 9.17) is 9.05 Å². The summed E-state index contributed by atoms with van der Waals surface area (Å²) in [5, 5.41) is 13.9. The van der Waals surface area contributed by atoms with Gasteiger partial charge in [0.1, 0.15) is 13.2 Å². The number of carbonyl (C=O) groups excluding carboxylic acids is 1. The van der Waals surface area contributed by atoms with Gasteiger partial charge in [-0.3, -0.25) is 13.8 Å². The summed E-state index contributed by atoms with van der Waals surface area (Å²) in [5.74, 6) is -0.217. The summed E-state index contributed by atoms with van der Waals surface area (Å²) in [6, 6.07) is -0.871. The third kappa shape index (κ3) is 53.8. The molecule has 0 saturated heterocycles. The van der Waals surface area contributed by atoms with Gasteiger partial charge in [-0.15, -0.1) is 0 Å². The summed E-state index contributed by atoms with van der Waals surface area (Å²) >= 11 is 0. The number of unbranched alkanes of at least 4 members (excludes halogenated alkanes) is 32. The highest BCUT2D eigenvalue weighted by molar-refractivity contribution is 7.47. The van der Waals surface area contributed by atoms with Gasteiger partial charge in [0.05, 0.1) is 39.9 Å². The highest BCUT2D eigenvalue weighted by Crippen LogP contribution is 2.43. The number of phosphoric acid groups is 1. The first-order chi connectivity index (χ1) is 33.5. The van der Waals surface area contributed by atoms with Gasteiger partial charge in [-0.2, -0.15) is 0 Å². The highest BCUT2D eigenvalue weighted by atomic mass is 31.2. The fourth-order valence-corrected chi connectivity index (χ4v) is 9.18. The maximum atomic E-state index is 12.9. The van der Waals surface area contributed by atoms with Crippen LogP contribution in [0.25, 0.3) is 0 Å². The molecule has 0 aromatic rings. The quantitative estimate of drug-likeness (QED) is 0.0243. The van der Waals surface area contributed by atoms with Crippen molar-refractivity contribution >= 4 is 13.7 Å². The smallest absolute Gasteiger partial charge is 0.387 e. The van der Waals surface area contributed by atoms with Crippen molar-refractivity contribution in [3.8, 4) is 0 Å². The van der Waals surface area contributed by atoms with Crippen molar-refractivity contribution in [1.82, 2.24) is 5.32 Å². The lowest BCUT2D eigenvalue weighted by molar-refractivity contribution is -0.870. The molecular formula is C60H114N2O6P+. The summed E-state index contributed by atoms with van der Waals surface area (Å²) in [6.07, 6.45) is 69.2. The van der Waals surface area contributed by atoms with Crippen LogP contribution >= 0.6 is 7.82 Å². The number of allylic oxidation sites excluding steroid dienone is 9. The standard InChI is InChI=1S/C60H113N2O6P/c1-6-8-10-12-14-16-18-20-22-23-24-25-26-27-28-29-30-31-32-33-34-35-36-37-38-40-41-43-45-47-49-51-53-59(63)58(57-68-69(65,66)67-56-55-62(3,4)5)61-60(64)54-52-50-48-46-44-42-39-21-19-17-15-13-11-9-7-2/h9,11,15,17,21,39,44,46,51,53,58-59,63H,6-8,10,12-14,16,18-20,22-38,40-43,45,47-50,52,54-57H2,1-5H3,(H-,61,64,65,66)/p+1/b11-9-,17-15-,39-21-,46-44-,53-51+. The molecule has 3 atom stereocenters. The van der Waals surface area contributed by atoms with Gasteiger partial charge in [-0.25, -0.2) is 4.57 Å². The molecule has 69 heavy (non-hydrogen) atoms. The van der Waals surface area contributed by atoms with Gasteiger partial charge in [0, 0.05) is 6.42 Å². The van der Waals surface area contributed by atoms with Crippen molar-refractivity contribution in [1.29, 1.82) is 0 Å². The van der Waals surface area contributed by atoms with Crippen LogP contribution in [0.5, 0.6) is 0 Å². The van der Waals surface area contributed by atoms with Crippen molar-refractivity contribution in [2.45, 2.75) is 276 Å². The van der Waals surface area contributed by atoms with Crippen LogP contribution in [0.4, 0.5) is 0 Å². The summed E-state index contributed by atoms with van der Waals surface area (Å²) < 4.78 is 23.7. The summed E-state index contributed by atoms with van der Waals surface area (Å²) in [7, 11) is 1.54. The number of hydrogen-bond donors (Lipinski definition) is 3. The van der Waals surface area contributed by atoms with Crippen LogP contribution in [0.3, 0.4) is 0 Å². The predicted molar refractivity (Wildman–Crippen MR) is 300 cm³/mol. The summed E-state index contributed by atoms with van der Waals surface area (Å²) in [5.41, 5.74) is 0. The number of aliphatic hydroxyl groups is 1. The first-order valence-electron chi connectivity index (χ1n) is 29.2. The van der Waals surface area contributed by atoms with E-state index in [0.29, 0.717) is 23.9 Å². The average molecular weight is 991 g/mol. The maximum absolute atomic E-state index is 12.9. The Morgan fingerprint density at radius 3 is 1.28 bits per heavy atom. The van der Waals surface area contributed by atoms with Crippen molar-refractivity contribution in [2.75, 3.05) is 40.9 Å². The molecule has 404 valence electrons. The lowest BCUT2D eigenvalue weighted by Gasteiger charge is -2.25. The number of amides is 1. The van der Waals surface area contributed by atoms with Crippen LogP contribution < -0.4 is 5.32 Å². The third-order valence-corrected chi connectivity index (χ3v) is 14.0. The van der Waals surface area contributed by atoms with E-state index in [2.05, 4.69) is 67.8 Å². The van der Waals surface area contributed by atoms with Crippen molar-refractivity contribution in [3.63, 3.8) is 0 Å². The molecule has 1 amide bonds. The predicted octanol–water partition coefficient (Wildman–Crippen LogP) is 17.7. The molecule has 0 fully saturated rings. The lowest BCUT2D eigenvalue weighted by atomic mass is 10.0. The molecule has 0 aliphatic carbocycles. The molecule has 0 bridgehead atoms. The molecule has 0 radical (unpaired) electrons. The number of nitrogens with one attached hydrogen (secondary N) is 1. The number of quaternary nitrogens is 1. The minimum atomic E-state index is -4.36. The fraction of sp³-hybridized carbons (Fsp3) is 0.817. The van der Waals surface area contributed by atoms with Crippen LogP contribution in [0.15, 0.2) is 60.8 Å². The Bertz CT molecular complexity index is 1310. The number of phosphoric ester groups is 1. The van der Waals surface area contributed by atoms with Gasteiger partial charge >= 0.3 is 7.82 Å². The molecule has 0 heterocycles. The summed E-state index contributed by atoms with van der Waals surface area (Å²) in [6.45, 7) is 4.68. The van der Waals surface area contributed by atoms with Gasteiger partial charge in [0.25, 0.3) is 0 Å². The van der Waals surface area contributed by atoms with E-state index in [9.17, 15) is 19.4 Å². The van der Waals surface area contributed by atoms with Gasteiger partial charge in [-0.05, 0) is 57.8 Å². The molecule has 0 aromatic heterocycles. The van der Waals surface area contributed by atoms with Crippen LogP contribution in [0, 0.1) is 0 Å². The van der Waals surface area contributed by atoms with E-state index in [-0.39, 0.29) is 19.1 Å². The molecular weight excluding hydrogens is 876 g/mol. The van der Waals surface area contributed by atoms with Gasteiger partial charge < -0.3 is 19.8 Å². The average Bonchev–Trinajstić information content (AvgIpc) is 3.31. The highest BCUT2D eigenvalue weighted by Gasteiger charge is 2.27. The minimum Gasteiger partial charge on any atom is -0.387 e. The SMILES string of the molecule is CC/C=C\C/C=C\C/C=C\C/C=C\CCCCC(=O)NC(COP(=O)(O)OCC[N+](C)(C)C)C(O)/C=C/CCCCCCCCCCCCCCCCCCCCCCCCCCCCCCCC. The Balaban J connectivity index is 4.11. The monoisotopic (exact) mass is 990 g/mol. The number of carbonyl (C=O) groups is 1. The molecule has 0 spiro atoms. The lowest BCUT2D eigenvalue weighted by Crippen LogP contribution is -2.45. The van der Waals surface area contributed by atoms with Gasteiger partial charge in [-0.1, -0.05) is 261 Å². The zero-order chi connectivity index (χ0) is 50.6. The Labute approximate surface area is 428 Å². The number of hydrogen-bond acceptors (Lipinski definition) is 5. The first kappa shape index (κ1) is 67.2. The van der Waals surface area contributed by atoms with E-state index in [1.165, 1.54) is 180 Å². The van der Waals surface area contributed by atoms with Gasteiger partial charge in [0.2, 0.25) is 5.91 Å². The third-order valence-electron chi connectivity index (χ3n) is 13.0.